The van der Waals surface area contributed by atoms with Crippen molar-refractivity contribution >= 4 is 39.7 Å². The van der Waals surface area contributed by atoms with Crippen molar-refractivity contribution in [1.82, 2.24) is 0 Å². The van der Waals surface area contributed by atoms with Gasteiger partial charge >= 0.3 is 0 Å². The van der Waals surface area contributed by atoms with Crippen LogP contribution in [0.2, 0.25) is 0 Å². The maximum Gasteiger partial charge on any atom is 0.116 e. The van der Waals surface area contributed by atoms with Gasteiger partial charge in [0.2, 0.25) is 0 Å². The summed E-state index contributed by atoms with van der Waals surface area (Å²) in [5.74, 6) is 0. The highest BCUT2D eigenvalue weighted by Crippen LogP contribution is 2.38. The molecule has 1 N–H and O–H groups in total. The van der Waals surface area contributed by atoms with Gasteiger partial charge in [-0.25, -0.2) is 0 Å². The van der Waals surface area contributed by atoms with Crippen LogP contribution in [0, 0.1) is 12.3 Å². The molecule has 4 nitrogen and oxygen atoms in total. The van der Waals surface area contributed by atoms with Crippen LogP contribution in [-0.4, -0.2) is 18.5 Å². The van der Waals surface area contributed by atoms with Crippen LogP contribution in [0.5, 0.6) is 0 Å². The van der Waals surface area contributed by atoms with Gasteiger partial charge in [0.1, 0.15) is 11.4 Å². The highest BCUT2D eigenvalue weighted by molar-refractivity contribution is 7.57. The van der Waals surface area contributed by atoms with E-state index >= 15 is 0 Å². The molecule has 2 aliphatic rings. The lowest BCUT2D eigenvalue weighted by atomic mass is 9.90. The number of rotatable bonds is 1. The molecule has 0 fully saturated rings. The molecular weight excluding hydrogens is 276 g/mol. The predicted molar refractivity (Wildman–Crippen MR) is 82.0 cm³/mol. The number of allylic oxidation sites excluding steroid dienone is 2. The average molecular weight is 288 g/mol. The van der Waals surface area contributed by atoms with E-state index in [1.165, 1.54) is 16.2 Å². The van der Waals surface area contributed by atoms with E-state index in [9.17, 15) is 0 Å². The number of aliphatic imine (C=N–C) groups is 1. The molecule has 0 unspecified atom stereocenters. The second kappa shape index (κ2) is 4.47. The van der Waals surface area contributed by atoms with Crippen molar-refractivity contribution in [2.45, 2.75) is 13.8 Å². The minimum atomic E-state index is 0.446. The number of nitrogens with zero attached hydrogens (tertiary/aromatic N) is 3. The number of fused-ring (bicyclic) bond motifs is 1. The summed E-state index contributed by atoms with van der Waals surface area (Å²) in [5, 5.41) is 8.40. The zero-order valence-electron chi connectivity index (χ0n) is 10.8. The molecular formula is C13H12N4S2. The third kappa shape index (κ3) is 1.79. The zero-order chi connectivity index (χ0) is 13.6. The first-order valence-corrected chi connectivity index (χ1v) is 7.35. The van der Waals surface area contributed by atoms with Crippen molar-refractivity contribution in [3.8, 4) is 0 Å². The summed E-state index contributed by atoms with van der Waals surface area (Å²) in [6.07, 6.45) is 0. The van der Waals surface area contributed by atoms with E-state index in [0.717, 1.165) is 27.4 Å². The fourth-order valence-corrected chi connectivity index (χ4v) is 3.75. The molecule has 0 saturated carbocycles. The van der Waals surface area contributed by atoms with Crippen LogP contribution in [-0.2, 0) is 11.4 Å². The Hall–Kier alpha value is -1.66. The topological polar surface area (TPSA) is 60.9 Å². The first-order valence-electron chi connectivity index (χ1n) is 5.80. The molecule has 0 atom stereocenters. The molecule has 19 heavy (non-hydrogen) atoms. The molecule has 1 aromatic rings. The summed E-state index contributed by atoms with van der Waals surface area (Å²) >= 11 is 2.86. The molecule has 0 spiro atoms. The number of aryl methyl sites for hydroxylation is 1. The highest BCUT2D eigenvalue weighted by Gasteiger charge is 2.31. The number of thiophene rings is 1. The Morgan fingerprint density at radius 1 is 1.16 bits per heavy atom. The summed E-state index contributed by atoms with van der Waals surface area (Å²) in [5.41, 5.74) is 4.63. The Morgan fingerprint density at radius 3 is 2.53 bits per heavy atom. The third-order valence-corrected chi connectivity index (χ3v) is 4.68. The van der Waals surface area contributed by atoms with E-state index in [-0.39, 0.29) is 0 Å². The molecule has 0 bridgehead atoms. The molecule has 0 aromatic carbocycles. The third-order valence-electron chi connectivity index (χ3n) is 3.13. The lowest BCUT2D eigenvalue weighted by Crippen LogP contribution is -2.22. The van der Waals surface area contributed by atoms with Crippen LogP contribution in [0.4, 0.5) is 0 Å². The van der Waals surface area contributed by atoms with E-state index < -0.39 is 0 Å². The van der Waals surface area contributed by atoms with Gasteiger partial charge in [-0.2, -0.15) is 8.73 Å². The first kappa shape index (κ1) is 12.4. The maximum atomic E-state index is 8.40. The Balaban J connectivity index is 2.30. The van der Waals surface area contributed by atoms with Gasteiger partial charge in [-0.1, -0.05) is 0 Å². The Labute approximate surface area is 119 Å². The molecule has 1 aliphatic heterocycles. The van der Waals surface area contributed by atoms with Crippen molar-refractivity contribution < 1.29 is 0 Å². The number of hydrogen-bond donors (Lipinski definition) is 1. The molecule has 3 rings (SSSR count). The van der Waals surface area contributed by atoms with Crippen molar-refractivity contribution in [3.63, 3.8) is 0 Å². The van der Waals surface area contributed by atoms with Gasteiger partial charge in [0.05, 0.1) is 22.8 Å². The maximum absolute atomic E-state index is 8.40. The quantitative estimate of drug-likeness (QED) is 0.767. The SMILES string of the molecule is CN=C1C(=N)C(c2ccc(C)s2)=C2N=S=NC2=C1C. The lowest BCUT2D eigenvalue weighted by molar-refractivity contribution is 1.25. The fourth-order valence-electron chi connectivity index (χ4n) is 2.22. The van der Waals surface area contributed by atoms with Gasteiger partial charge in [0.15, 0.2) is 0 Å². The number of nitrogens with one attached hydrogen (secondary N) is 1. The fraction of sp³-hybridized carbons (Fsp3) is 0.231. The zero-order valence-corrected chi connectivity index (χ0v) is 12.4. The normalized spacial score (nSPS) is 20.4. The van der Waals surface area contributed by atoms with Crippen molar-refractivity contribution in [2.75, 3.05) is 7.05 Å². The van der Waals surface area contributed by atoms with Crippen molar-refractivity contribution in [3.05, 3.63) is 38.9 Å². The van der Waals surface area contributed by atoms with Gasteiger partial charge in [-0.3, -0.25) is 10.4 Å². The molecule has 0 amide bonds. The first-order chi connectivity index (χ1) is 9.13. The second-order valence-electron chi connectivity index (χ2n) is 4.32. The molecule has 0 saturated heterocycles. The van der Waals surface area contributed by atoms with Gasteiger partial charge in [0.25, 0.3) is 0 Å². The van der Waals surface area contributed by atoms with E-state index in [1.807, 2.05) is 13.0 Å². The van der Waals surface area contributed by atoms with Crippen LogP contribution >= 0.6 is 11.3 Å². The highest BCUT2D eigenvalue weighted by atomic mass is 32.1. The lowest BCUT2D eigenvalue weighted by Gasteiger charge is -2.19. The van der Waals surface area contributed by atoms with E-state index in [1.54, 1.807) is 18.4 Å². The molecule has 96 valence electrons. The molecule has 2 heterocycles. The van der Waals surface area contributed by atoms with Crippen LogP contribution < -0.4 is 0 Å². The standard InChI is InChI=1S/C13H12N4S2/c1-6-4-5-8(18-6)9-10(14)11(15-3)7(2)12-13(9)17-19-16-12/h4-5,14H,1-3H3. The summed E-state index contributed by atoms with van der Waals surface area (Å²) in [6, 6.07) is 4.11. The van der Waals surface area contributed by atoms with E-state index in [4.69, 9.17) is 5.41 Å². The Kier molecular flexibility index (Phi) is 2.91. The van der Waals surface area contributed by atoms with Gasteiger partial charge in [-0.05, 0) is 26.0 Å². The second-order valence-corrected chi connectivity index (χ2v) is 6.14. The van der Waals surface area contributed by atoms with Gasteiger partial charge in [-0.15, -0.1) is 11.3 Å². The van der Waals surface area contributed by atoms with Crippen LogP contribution in [0.15, 0.2) is 42.8 Å². The number of hydrogen-bond acceptors (Lipinski definition) is 5. The van der Waals surface area contributed by atoms with E-state index in [2.05, 4.69) is 26.7 Å². The van der Waals surface area contributed by atoms with Crippen LogP contribution in [0.25, 0.3) is 5.57 Å². The summed E-state index contributed by atoms with van der Waals surface area (Å²) in [7, 11) is 1.72. The van der Waals surface area contributed by atoms with Crippen LogP contribution in [0.1, 0.15) is 16.7 Å². The average Bonchev–Trinajstić information content (AvgIpc) is 3.00. The van der Waals surface area contributed by atoms with Crippen molar-refractivity contribution in [2.24, 2.45) is 13.7 Å². The van der Waals surface area contributed by atoms with Crippen LogP contribution in [0.3, 0.4) is 0 Å². The molecule has 1 aliphatic carbocycles. The molecule has 6 heteroatoms. The van der Waals surface area contributed by atoms with E-state index in [0.29, 0.717) is 11.4 Å². The Morgan fingerprint density at radius 2 is 1.89 bits per heavy atom. The van der Waals surface area contributed by atoms with Gasteiger partial charge < -0.3 is 0 Å². The Bertz CT molecular complexity index is 755. The van der Waals surface area contributed by atoms with Crippen molar-refractivity contribution in [1.29, 1.82) is 5.41 Å². The minimum absolute atomic E-state index is 0.446. The molecule has 0 radical (unpaired) electrons. The predicted octanol–water partition coefficient (Wildman–Crippen LogP) is 3.61. The largest absolute Gasteiger partial charge is 0.298 e. The summed E-state index contributed by atoms with van der Waals surface area (Å²) in [6.45, 7) is 4.02. The summed E-state index contributed by atoms with van der Waals surface area (Å²) in [4.78, 5) is 6.53. The van der Waals surface area contributed by atoms with Gasteiger partial charge in [0, 0.05) is 27.9 Å². The molecule has 1 aromatic heterocycles. The summed E-state index contributed by atoms with van der Waals surface area (Å²) < 4.78 is 8.73. The minimum Gasteiger partial charge on any atom is -0.298 e. The smallest absolute Gasteiger partial charge is 0.116 e. The monoisotopic (exact) mass is 288 g/mol.